The first kappa shape index (κ1) is 30.2. The van der Waals surface area contributed by atoms with E-state index in [-0.39, 0.29) is 19.8 Å². The maximum atomic E-state index is 13.2. The summed E-state index contributed by atoms with van der Waals surface area (Å²) in [5.41, 5.74) is 0.670. The van der Waals surface area contributed by atoms with E-state index in [4.69, 9.17) is 18.9 Å². The number of methoxy groups -OCH3 is 1. The zero-order valence-electron chi connectivity index (χ0n) is 23.1. The normalized spacial score (nSPS) is 13.2. The van der Waals surface area contributed by atoms with Gasteiger partial charge in [0.05, 0.1) is 38.7 Å². The Morgan fingerprint density at radius 2 is 1.71 bits per heavy atom. The first-order valence-corrected chi connectivity index (χ1v) is 15.2. The third kappa shape index (κ3) is 9.12. The van der Waals surface area contributed by atoms with E-state index in [0.29, 0.717) is 36.6 Å². The van der Waals surface area contributed by atoms with Gasteiger partial charge < -0.3 is 29.6 Å². The highest BCUT2D eigenvalue weighted by Gasteiger charge is 2.25. The van der Waals surface area contributed by atoms with Gasteiger partial charge in [-0.05, 0) is 47.0 Å². The van der Waals surface area contributed by atoms with Crippen LogP contribution in [0.1, 0.15) is 54.0 Å². The summed E-state index contributed by atoms with van der Waals surface area (Å²) in [6.45, 7) is 3.06. The van der Waals surface area contributed by atoms with Crippen LogP contribution < -0.4 is 20.1 Å². The third-order valence-corrected chi connectivity index (χ3v) is 8.19. The Labute approximate surface area is 247 Å². The Morgan fingerprint density at radius 1 is 1.00 bits per heavy atom. The minimum absolute atomic E-state index is 0.0172. The Kier molecular flexibility index (Phi) is 11.3. The van der Waals surface area contributed by atoms with Gasteiger partial charge in [-0.2, -0.15) is 0 Å². The van der Waals surface area contributed by atoms with Crippen LogP contribution in [0.5, 0.6) is 11.5 Å². The number of thiophene rings is 2. The van der Waals surface area contributed by atoms with Crippen molar-refractivity contribution in [3.05, 3.63) is 68.5 Å². The monoisotopic (exact) mass is 601 g/mol. The maximum Gasteiger partial charge on any atom is 0.410 e. The predicted octanol–water partition coefficient (Wildman–Crippen LogP) is 5.84. The van der Waals surface area contributed by atoms with E-state index in [9.17, 15) is 14.4 Å². The van der Waals surface area contributed by atoms with Gasteiger partial charge in [-0.1, -0.05) is 38.0 Å². The van der Waals surface area contributed by atoms with Gasteiger partial charge in [0.1, 0.15) is 6.61 Å². The molecule has 0 aliphatic carbocycles. The van der Waals surface area contributed by atoms with E-state index < -0.39 is 30.2 Å². The van der Waals surface area contributed by atoms with Crippen molar-refractivity contribution in [2.24, 2.45) is 0 Å². The number of nitrogens with one attached hydrogen (secondary N) is 2. The molecule has 1 unspecified atom stereocenters. The molecule has 1 aliphatic heterocycles. The van der Waals surface area contributed by atoms with Crippen LogP contribution in [0.4, 0.5) is 9.59 Å². The molecule has 3 aromatic rings. The van der Waals surface area contributed by atoms with Gasteiger partial charge in [-0.25, -0.2) is 9.59 Å². The lowest BCUT2D eigenvalue weighted by molar-refractivity contribution is -0.141. The zero-order chi connectivity index (χ0) is 29.0. The first-order valence-electron chi connectivity index (χ1n) is 13.4. The summed E-state index contributed by atoms with van der Waals surface area (Å²) in [6, 6.07) is 11.6. The van der Waals surface area contributed by atoms with Gasteiger partial charge in [0.2, 0.25) is 6.79 Å². The highest BCUT2D eigenvalue weighted by atomic mass is 32.1. The molecular formula is C29H35N3O7S2. The van der Waals surface area contributed by atoms with Crippen LogP contribution in [0.3, 0.4) is 0 Å². The van der Waals surface area contributed by atoms with E-state index in [1.54, 1.807) is 45.8 Å². The molecule has 0 fully saturated rings. The first-order chi connectivity index (χ1) is 19.9. The van der Waals surface area contributed by atoms with Crippen molar-refractivity contribution in [2.45, 2.75) is 57.8 Å². The highest BCUT2D eigenvalue weighted by Crippen LogP contribution is 2.35. The van der Waals surface area contributed by atoms with E-state index in [0.717, 1.165) is 22.6 Å². The molecule has 41 heavy (non-hydrogen) atoms. The Bertz CT molecular complexity index is 1230. The van der Waals surface area contributed by atoms with Crippen molar-refractivity contribution < 1.29 is 33.3 Å². The second-order valence-electron chi connectivity index (χ2n) is 9.49. The van der Waals surface area contributed by atoms with Crippen molar-refractivity contribution in [3.8, 4) is 11.5 Å². The summed E-state index contributed by atoms with van der Waals surface area (Å²) in [7, 11) is 1.30. The highest BCUT2D eigenvalue weighted by molar-refractivity contribution is 7.10. The number of carbonyl (C=O) groups is 3. The molecule has 12 heteroatoms. The number of carbonyl (C=O) groups excluding carboxylic acids is 3. The van der Waals surface area contributed by atoms with Crippen LogP contribution in [0, 0.1) is 0 Å². The van der Waals surface area contributed by atoms with Gasteiger partial charge in [-0.15, -0.1) is 22.7 Å². The second kappa shape index (κ2) is 15.3. The fourth-order valence-corrected chi connectivity index (χ4v) is 5.73. The summed E-state index contributed by atoms with van der Waals surface area (Å²) in [4.78, 5) is 42.2. The van der Waals surface area contributed by atoms with Crippen molar-refractivity contribution in [1.82, 2.24) is 15.5 Å². The summed E-state index contributed by atoms with van der Waals surface area (Å²) in [6.07, 6.45) is 1.86. The summed E-state index contributed by atoms with van der Waals surface area (Å²) in [5.74, 6) is 0.673. The molecule has 2 N–H and O–H groups in total. The number of ether oxygens (including phenoxy) is 4. The average Bonchev–Trinajstić information content (AvgIpc) is 3.76. The van der Waals surface area contributed by atoms with Crippen LogP contribution in [0.15, 0.2) is 53.2 Å². The minimum Gasteiger partial charge on any atom is -0.469 e. The Hall–Kier alpha value is -3.77. The average molecular weight is 602 g/mol. The molecule has 10 nitrogen and oxygen atoms in total. The molecule has 0 saturated heterocycles. The smallest absolute Gasteiger partial charge is 0.410 e. The number of hydrogen-bond donors (Lipinski definition) is 2. The van der Waals surface area contributed by atoms with Crippen LogP contribution in [0.2, 0.25) is 0 Å². The lowest BCUT2D eigenvalue weighted by atomic mass is 10.0. The summed E-state index contributed by atoms with van der Waals surface area (Å²) >= 11 is 3.16. The Morgan fingerprint density at radius 3 is 2.34 bits per heavy atom. The largest absolute Gasteiger partial charge is 0.469 e. The zero-order valence-corrected chi connectivity index (χ0v) is 24.8. The van der Waals surface area contributed by atoms with E-state index in [1.807, 2.05) is 35.0 Å². The molecule has 0 radical (unpaired) electrons. The maximum absolute atomic E-state index is 13.2. The molecule has 0 spiro atoms. The van der Waals surface area contributed by atoms with Crippen LogP contribution in [-0.2, 0) is 27.4 Å². The Balaban J connectivity index is 1.39. The van der Waals surface area contributed by atoms with Crippen LogP contribution in [0.25, 0.3) is 0 Å². The molecule has 3 amide bonds. The van der Waals surface area contributed by atoms with Gasteiger partial charge in [0, 0.05) is 9.75 Å². The van der Waals surface area contributed by atoms with E-state index in [2.05, 4.69) is 17.6 Å². The number of hydrogen-bond acceptors (Lipinski definition) is 9. The van der Waals surface area contributed by atoms with Gasteiger partial charge in [0.15, 0.2) is 11.5 Å². The van der Waals surface area contributed by atoms with Crippen molar-refractivity contribution >= 4 is 40.8 Å². The summed E-state index contributed by atoms with van der Waals surface area (Å²) < 4.78 is 21.4. The molecule has 3 heterocycles. The van der Waals surface area contributed by atoms with Crippen molar-refractivity contribution in [2.75, 3.05) is 20.5 Å². The SMILES string of the molecule is CCCC[C@@H](COC(=O)N(Cc1cccs1)Cc1cccs1)NC(=O)NC(CC(=O)OC)c1ccc2c(c1)OCO2. The predicted molar refractivity (Wildman–Crippen MR) is 156 cm³/mol. The number of unbranched alkanes of at least 4 members (excludes halogenated alkanes) is 1. The standard InChI is InChI=1S/C29H35N3O7S2/c1-3-4-7-21(18-37-29(35)32(16-22-8-5-12-40-22)17-23-9-6-13-41-23)30-28(34)31-24(15-27(33)36-2)20-10-11-25-26(14-20)39-19-38-25/h5-6,8-14,21,24H,3-4,7,15-19H2,1-2H3,(H2,30,31,34)/t21-,24?/m0/s1. The number of fused-ring (bicyclic) bond motifs is 1. The summed E-state index contributed by atoms with van der Waals surface area (Å²) in [5, 5.41) is 9.76. The number of benzene rings is 1. The number of urea groups is 1. The fraction of sp³-hybridized carbons (Fsp3) is 0.414. The molecule has 1 aliphatic rings. The molecule has 1 aromatic carbocycles. The van der Waals surface area contributed by atoms with Crippen molar-refractivity contribution in [1.29, 1.82) is 0 Å². The van der Waals surface area contributed by atoms with Crippen LogP contribution in [-0.4, -0.2) is 49.5 Å². The fourth-order valence-electron chi connectivity index (χ4n) is 4.29. The second-order valence-corrected chi connectivity index (χ2v) is 11.6. The molecule has 220 valence electrons. The molecule has 2 aromatic heterocycles. The molecule has 0 saturated carbocycles. The third-order valence-electron chi connectivity index (χ3n) is 6.46. The van der Waals surface area contributed by atoms with E-state index >= 15 is 0 Å². The number of amides is 3. The molecule has 0 bridgehead atoms. The quantitative estimate of drug-likeness (QED) is 0.223. The number of nitrogens with zero attached hydrogens (tertiary/aromatic N) is 1. The van der Waals surface area contributed by atoms with Gasteiger partial charge in [-0.3, -0.25) is 9.69 Å². The van der Waals surface area contributed by atoms with Gasteiger partial charge >= 0.3 is 18.1 Å². The lowest BCUT2D eigenvalue weighted by Crippen LogP contribution is -2.46. The van der Waals surface area contributed by atoms with Crippen molar-refractivity contribution in [3.63, 3.8) is 0 Å². The number of esters is 1. The minimum atomic E-state index is -0.668. The van der Waals surface area contributed by atoms with Crippen LogP contribution >= 0.6 is 22.7 Å². The number of rotatable bonds is 14. The molecular weight excluding hydrogens is 566 g/mol. The van der Waals surface area contributed by atoms with E-state index in [1.165, 1.54) is 7.11 Å². The topological polar surface area (TPSA) is 115 Å². The van der Waals surface area contributed by atoms with Gasteiger partial charge in [0.25, 0.3) is 0 Å². The molecule has 2 atom stereocenters. The lowest BCUT2D eigenvalue weighted by Gasteiger charge is -2.25. The molecule has 4 rings (SSSR count).